The number of carboxylic acids is 1. The maximum absolute atomic E-state index is 12.1. The van der Waals surface area contributed by atoms with Crippen LogP contribution in [0.3, 0.4) is 0 Å². The van der Waals surface area contributed by atoms with Crippen molar-refractivity contribution in [1.82, 2.24) is 10.3 Å². The first-order valence-electron chi connectivity index (χ1n) is 7.65. The van der Waals surface area contributed by atoms with Crippen LogP contribution >= 0.6 is 0 Å². The van der Waals surface area contributed by atoms with Gasteiger partial charge in [-0.05, 0) is 35.7 Å². The normalized spacial score (nSPS) is 10.5. The third kappa shape index (κ3) is 5.08. The Morgan fingerprint density at radius 2 is 2.04 bits per heavy atom. The fraction of sp³-hybridized carbons (Fsp3) is 0.278. The van der Waals surface area contributed by atoms with E-state index in [1.807, 2.05) is 24.3 Å². The summed E-state index contributed by atoms with van der Waals surface area (Å²) in [5.41, 5.74) is 0.999. The molecule has 2 N–H and O–H groups in total. The number of aromatic nitrogens is 1. The minimum absolute atomic E-state index is 0.160. The summed E-state index contributed by atoms with van der Waals surface area (Å²) < 4.78 is 5.66. The predicted molar refractivity (Wildman–Crippen MR) is 89.1 cm³/mol. The molecule has 0 spiro atoms. The highest BCUT2D eigenvalue weighted by Gasteiger charge is 2.10. The number of benzene rings is 1. The summed E-state index contributed by atoms with van der Waals surface area (Å²) in [5.74, 6) is -0.330. The molecule has 1 heterocycles. The SMILES string of the molecule is CC(C)COc1cccc(CNC(=O)c2ccnc(C(=O)O)c2)c1. The van der Waals surface area contributed by atoms with Crippen LogP contribution in [0.2, 0.25) is 0 Å². The number of rotatable bonds is 7. The molecule has 24 heavy (non-hydrogen) atoms. The second-order valence-corrected chi connectivity index (χ2v) is 5.77. The second-order valence-electron chi connectivity index (χ2n) is 5.77. The zero-order chi connectivity index (χ0) is 17.5. The first-order chi connectivity index (χ1) is 11.5. The van der Waals surface area contributed by atoms with Gasteiger partial charge in [0.05, 0.1) is 6.61 Å². The van der Waals surface area contributed by atoms with E-state index in [0.29, 0.717) is 19.1 Å². The van der Waals surface area contributed by atoms with Crippen LogP contribution in [0.4, 0.5) is 0 Å². The van der Waals surface area contributed by atoms with Crippen molar-refractivity contribution in [2.45, 2.75) is 20.4 Å². The molecule has 0 saturated heterocycles. The first kappa shape index (κ1) is 17.5. The van der Waals surface area contributed by atoms with E-state index in [0.717, 1.165) is 11.3 Å². The van der Waals surface area contributed by atoms with Gasteiger partial charge in [-0.1, -0.05) is 26.0 Å². The van der Waals surface area contributed by atoms with E-state index in [4.69, 9.17) is 9.84 Å². The molecule has 0 bridgehead atoms. The van der Waals surface area contributed by atoms with Gasteiger partial charge in [0.1, 0.15) is 11.4 Å². The fourth-order valence-corrected chi connectivity index (χ4v) is 1.98. The Morgan fingerprint density at radius 1 is 1.25 bits per heavy atom. The number of carboxylic acid groups (broad SMARTS) is 1. The van der Waals surface area contributed by atoms with E-state index in [1.165, 1.54) is 18.3 Å². The molecule has 1 aromatic carbocycles. The van der Waals surface area contributed by atoms with Gasteiger partial charge < -0.3 is 15.2 Å². The molecular formula is C18H20N2O4. The van der Waals surface area contributed by atoms with Crippen molar-refractivity contribution in [3.05, 3.63) is 59.4 Å². The van der Waals surface area contributed by atoms with Gasteiger partial charge in [-0.3, -0.25) is 4.79 Å². The van der Waals surface area contributed by atoms with Gasteiger partial charge in [0.2, 0.25) is 0 Å². The molecule has 0 unspecified atom stereocenters. The molecule has 1 amide bonds. The molecule has 0 aliphatic rings. The largest absolute Gasteiger partial charge is 0.493 e. The van der Waals surface area contributed by atoms with Gasteiger partial charge in [-0.2, -0.15) is 0 Å². The summed E-state index contributed by atoms with van der Waals surface area (Å²) in [7, 11) is 0. The number of nitrogens with one attached hydrogen (secondary N) is 1. The Kier molecular flexibility index (Phi) is 5.89. The molecule has 6 nitrogen and oxygen atoms in total. The topological polar surface area (TPSA) is 88.5 Å². The number of nitrogens with zero attached hydrogens (tertiary/aromatic N) is 1. The van der Waals surface area contributed by atoms with E-state index < -0.39 is 5.97 Å². The van der Waals surface area contributed by atoms with Gasteiger partial charge in [0.25, 0.3) is 5.91 Å². The van der Waals surface area contributed by atoms with Crippen LogP contribution in [0.1, 0.15) is 40.3 Å². The van der Waals surface area contributed by atoms with Crippen molar-refractivity contribution in [3.63, 3.8) is 0 Å². The first-order valence-corrected chi connectivity index (χ1v) is 7.65. The van der Waals surface area contributed by atoms with Crippen molar-refractivity contribution in [3.8, 4) is 5.75 Å². The van der Waals surface area contributed by atoms with Crippen LogP contribution in [-0.2, 0) is 6.54 Å². The van der Waals surface area contributed by atoms with Gasteiger partial charge in [-0.25, -0.2) is 9.78 Å². The molecule has 6 heteroatoms. The molecule has 0 radical (unpaired) electrons. The number of hydrogen-bond donors (Lipinski definition) is 2. The number of carbonyl (C=O) groups excluding carboxylic acids is 1. The number of ether oxygens (including phenoxy) is 1. The summed E-state index contributed by atoms with van der Waals surface area (Å²) in [6, 6.07) is 10.2. The summed E-state index contributed by atoms with van der Waals surface area (Å²) in [6.07, 6.45) is 1.30. The minimum Gasteiger partial charge on any atom is -0.493 e. The van der Waals surface area contributed by atoms with Crippen molar-refractivity contribution in [2.24, 2.45) is 5.92 Å². The van der Waals surface area contributed by atoms with E-state index in [-0.39, 0.29) is 17.2 Å². The van der Waals surface area contributed by atoms with Crippen molar-refractivity contribution in [1.29, 1.82) is 0 Å². The highest BCUT2D eigenvalue weighted by atomic mass is 16.5. The van der Waals surface area contributed by atoms with Crippen LogP contribution in [-0.4, -0.2) is 28.6 Å². The molecule has 0 fully saturated rings. The van der Waals surface area contributed by atoms with Gasteiger partial charge >= 0.3 is 5.97 Å². The number of amides is 1. The lowest BCUT2D eigenvalue weighted by molar-refractivity contribution is 0.0690. The molecule has 2 aromatic rings. The highest BCUT2D eigenvalue weighted by molar-refractivity contribution is 5.96. The molecule has 0 atom stereocenters. The summed E-state index contributed by atoms with van der Waals surface area (Å²) in [6.45, 7) is 5.10. The third-order valence-corrected chi connectivity index (χ3v) is 3.18. The maximum atomic E-state index is 12.1. The molecule has 1 aromatic heterocycles. The lowest BCUT2D eigenvalue weighted by Gasteiger charge is -2.10. The zero-order valence-corrected chi connectivity index (χ0v) is 13.7. The predicted octanol–water partition coefficient (Wildman–Crippen LogP) is 2.74. The van der Waals surface area contributed by atoms with E-state index in [1.54, 1.807) is 0 Å². The number of hydrogen-bond acceptors (Lipinski definition) is 4. The second kappa shape index (κ2) is 8.10. The van der Waals surface area contributed by atoms with Gasteiger partial charge in [0, 0.05) is 18.3 Å². The Labute approximate surface area is 140 Å². The summed E-state index contributed by atoms with van der Waals surface area (Å²) in [5, 5.41) is 11.7. The Hall–Kier alpha value is -2.89. The monoisotopic (exact) mass is 328 g/mol. The van der Waals surface area contributed by atoms with Crippen molar-refractivity contribution < 1.29 is 19.4 Å². The van der Waals surface area contributed by atoms with Crippen LogP contribution in [0.15, 0.2) is 42.6 Å². The average molecular weight is 328 g/mol. The Balaban J connectivity index is 1.97. The van der Waals surface area contributed by atoms with Crippen LogP contribution in [0, 0.1) is 5.92 Å². The van der Waals surface area contributed by atoms with Crippen molar-refractivity contribution >= 4 is 11.9 Å². The van der Waals surface area contributed by atoms with Crippen LogP contribution in [0.5, 0.6) is 5.75 Å². The van der Waals surface area contributed by atoms with E-state index >= 15 is 0 Å². The van der Waals surface area contributed by atoms with Crippen molar-refractivity contribution in [2.75, 3.05) is 6.61 Å². The summed E-state index contributed by atoms with van der Waals surface area (Å²) in [4.78, 5) is 26.7. The number of pyridine rings is 1. The van der Waals surface area contributed by atoms with E-state index in [2.05, 4.69) is 24.1 Å². The molecule has 0 aliphatic heterocycles. The van der Waals surface area contributed by atoms with Crippen LogP contribution < -0.4 is 10.1 Å². The van der Waals surface area contributed by atoms with Gasteiger partial charge in [0.15, 0.2) is 0 Å². The quantitative estimate of drug-likeness (QED) is 0.816. The lowest BCUT2D eigenvalue weighted by Crippen LogP contribution is -2.23. The fourth-order valence-electron chi connectivity index (χ4n) is 1.98. The minimum atomic E-state index is -1.17. The van der Waals surface area contributed by atoms with E-state index in [9.17, 15) is 9.59 Å². The molecule has 2 rings (SSSR count). The molecular weight excluding hydrogens is 308 g/mol. The third-order valence-electron chi connectivity index (χ3n) is 3.18. The lowest BCUT2D eigenvalue weighted by atomic mass is 10.2. The summed E-state index contributed by atoms with van der Waals surface area (Å²) >= 11 is 0. The Bertz CT molecular complexity index is 728. The average Bonchev–Trinajstić information content (AvgIpc) is 2.58. The molecule has 126 valence electrons. The molecule has 0 saturated carbocycles. The standard InChI is InChI=1S/C18H20N2O4/c1-12(2)11-24-15-5-3-4-13(8-15)10-20-17(21)14-6-7-19-16(9-14)18(22)23/h3-9,12H,10-11H2,1-2H3,(H,20,21)(H,22,23). The molecule has 0 aliphatic carbocycles. The number of aromatic carboxylic acids is 1. The zero-order valence-electron chi connectivity index (χ0n) is 13.7. The number of carbonyl (C=O) groups is 2. The Morgan fingerprint density at radius 3 is 2.75 bits per heavy atom. The van der Waals surface area contributed by atoms with Gasteiger partial charge in [-0.15, -0.1) is 0 Å². The highest BCUT2D eigenvalue weighted by Crippen LogP contribution is 2.14. The van der Waals surface area contributed by atoms with Crippen LogP contribution in [0.25, 0.3) is 0 Å². The maximum Gasteiger partial charge on any atom is 0.354 e. The smallest absolute Gasteiger partial charge is 0.354 e.